The molecule has 1 N–H and O–H groups in total. The highest BCUT2D eigenvalue weighted by Gasteiger charge is 2.19. The SMILES string of the molecule is Cc1ccc(-c2cc(Cl)on2)c(S(=O)(=O)O)c1. The van der Waals surface area contributed by atoms with Crippen LogP contribution in [0.2, 0.25) is 5.22 Å². The summed E-state index contributed by atoms with van der Waals surface area (Å²) in [4.78, 5) is -0.220. The molecule has 90 valence electrons. The maximum Gasteiger partial charge on any atom is 0.295 e. The van der Waals surface area contributed by atoms with Crippen molar-refractivity contribution in [1.82, 2.24) is 5.16 Å². The third kappa shape index (κ3) is 2.49. The summed E-state index contributed by atoms with van der Waals surface area (Å²) >= 11 is 5.57. The lowest BCUT2D eigenvalue weighted by Crippen LogP contribution is -2.01. The van der Waals surface area contributed by atoms with Crippen molar-refractivity contribution in [3.8, 4) is 11.3 Å². The van der Waals surface area contributed by atoms with Crippen molar-refractivity contribution in [1.29, 1.82) is 0 Å². The zero-order chi connectivity index (χ0) is 12.6. The molecule has 0 spiro atoms. The quantitative estimate of drug-likeness (QED) is 0.851. The van der Waals surface area contributed by atoms with E-state index in [0.29, 0.717) is 5.56 Å². The van der Waals surface area contributed by atoms with Gasteiger partial charge in [0.2, 0.25) is 5.22 Å². The lowest BCUT2D eigenvalue weighted by Gasteiger charge is -2.04. The van der Waals surface area contributed by atoms with E-state index in [1.807, 2.05) is 0 Å². The second kappa shape index (κ2) is 4.14. The lowest BCUT2D eigenvalue weighted by atomic mass is 10.1. The Labute approximate surface area is 103 Å². The van der Waals surface area contributed by atoms with Crippen LogP contribution in [-0.4, -0.2) is 18.1 Å². The van der Waals surface area contributed by atoms with Crippen LogP contribution < -0.4 is 0 Å². The van der Waals surface area contributed by atoms with Crippen molar-refractivity contribution in [2.75, 3.05) is 0 Å². The van der Waals surface area contributed by atoms with Gasteiger partial charge in [-0.3, -0.25) is 4.55 Å². The predicted octanol–water partition coefficient (Wildman–Crippen LogP) is 2.55. The first-order valence-electron chi connectivity index (χ1n) is 4.58. The van der Waals surface area contributed by atoms with E-state index in [9.17, 15) is 8.42 Å². The average Bonchev–Trinajstić information content (AvgIpc) is 2.63. The van der Waals surface area contributed by atoms with Crippen LogP contribution in [0.1, 0.15) is 5.56 Å². The van der Waals surface area contributed by atoms with Gasteiger partial charge in [-0.1, -0.05) is 17.3 Å². The van der Waals surface area contributed by atoms with Gasteiger partial charge in [0.25, 0.3) is 10.1 Å². The van der Waals surface area contributed by atoms with Crippen LogP contribution in [0.25, 0.3) is 11.3 Å². The molecule has 5 nitrogen and oxygen atoms in total. The number of hydrogen-bond donors (Lipinski definition) is 1. The smallest absolute Gasteiger partial charge is 0.295 e. The van der Waals surface area contributed by atoms with E-state index < -0.39 is 10.1 Å². The molecule has 0 bridgehead atoms. The third-order valence-corrected chi connectivity index (χ3v) is 3.24. The van der Waals surface area contributed by atoms with Crippen LogP contribution in [0.4, 0.5) is 0 Å². The monoisotopic (exact) mass is 273 g/mol. The molecule has 7 heteroatoms. The second-order valence-corrected chi connectivity index (χ2v) is 5.25. The number of hydrogen-bond acceptors (Lipinski definition) is 4. The fourth-order valence-electron chi connectivity index (χ4n) is 1.43. The van der Waals surface area contributed by atoms with E-state index in [0.717, 1.165) is 0 Å². The molecule has 0 unspecified atom stereocenters. The molecule has 0 aliphatic heterocycles. The number of aromatic nitrogens is 1. The number of aryl methyl sites for hydroxylation is 1. The van der Waals surface area contributed by atoms with E-state index >= 15 is 0 Å². The van der Waals surface area contributed by atoms with Crippen molar-refractivity contribution < 1.29 is 17.5 Å². The molecule has 0 radical (unpaired) electrons. The Balaban J connectivity index is 2.70. The minimum Gasteiger partial charge on any atom is -0.344 e. The Morgan fingerprint density at radius 2 is 2.06 bits per heavy atom. The van der Waals surface area contributed by atoms with Gasteiger partial charge in [0.05, 0.1) is 0 Å². The molecule has 0 saturated carbocycles. The van der Waals surface area contributed by atoms with Crippen molar-refractivity contribution in [2.24, 2.45) is 0 Å². The molecule has 1 aromatic heterocycles. The molecule has 1 heterocycles. The fraction of sp³-hybridized carbons (Fsp3) is 0.100. The Kier molecular flexibility index (Phi) is 2.94. The van der Waals surface area contributed by atoms with Crippen molar-refractivity contribution in [3.63, 3.8) is 0 Å². The maximum atomic E-state index is 11.3. The van der Waals surface area contributed by atoms with Crippen molar-refractivity contribution in [2.45, 2.75) is 11.8 Å². The Bertz CT molecular complexity index is 663. The van der Waals surface area contributed by atoms with Crippen LogP contribution >= 0.6 is 11.6 Å². The van der Waals surface area contributed by atoms with Crippen LogP contribution in [0.15, 0.2) is 33.7 Å². The van der Waals surface area contributed by atoms with Crippen molar-refractivity contribution in [3.05, 3.63) is 35.0 Å². The molecule has 2 aromatic rings. The Hall–Kier alpha value is -1.37. The van der Waals surface area contributed by atoms with Gasteiger partial charge in [0, 0.05) is 11.6 Å². The van der Waals surface area contributed by atoms with Gasteiger partial charge in [-0.2, -0.15) is 8.42 Å². The number of rotatable bonds is 2. The first kappa shape index (κ1) is 12.1. The Morgan fingerprint density at radius 3 is 2.59 bits per heavy atom. The fourth-order valence-corrected chi connectivity index (χ4v) is 2.36. The van der Waals surface area contributed by atoms with E-state index in [-0.39, 0.29) is 21.4 Å². The number of halogens is 1. The first-order chi connectivity index (χ1) is 7.88. The minimum absolute atomic E-state index is 0.0434. The lowest BCUT2D eigenvalue weighted by molar-refractivity contribution is 0.424. The van der Waals surface area contributed by atoms with E-state index in [2.05, 4.69) is 9.68 Å². The van der Waals surface area contributed by atoms with Crippen LogP contribution in [0, 0.1) is 6.92 Å². The van der Waals surface area contributed by atoms with Crippen LogP contribution in [0.5, 0.6) is 0 Å². The van der Waals surface area contributed by atoms with Crippen LogP contribution in [-0.2, 0) is 10.1 Å². The van der Waals surface area contributed by atoms with Gasteiger partial charge in [0.15, 0.2) is 0 Å². The van der Waals surface area contributed by atoms with Gasteiger partial charge in [-0.05, 0) is 30.2 Å². The largest absolute Gasteiger partial charge is 0.344 e. The van der Waals surface area contributed by atoms with Crippen molar-refractivity contribution >= 4 is 21.7 Å². The summed E-state index contributed by atoms with van der Waals surface area (Å²) in [7, 11) is -4.32. The standard InChI is InChI=1S/C10H8ClNO4S/c1-6-2-3-7(8-5-10(11)16-12-8)9(4-6)17(13,14)15/h2-5H,1H3,(H,13,14,15). The summed E-state index contributed by atoms with van der Waals surface area (Å²) in [5.74, 6) is 0. The minimum atomic E-state index is -4.32. The van der Waals surface area contributed by atoms with E-state index in [4.69, 9.17) is 16.2 Å². The molecular weight excluding hydrogens is 266 g/mol. The topological polar surface area (TPSA) is 80.4 Å². The molecule has 1 aromatic carbocycles. The molecular formula is C10H8ClNO4S. The van der Waals surface area contributed by atoms with Gasteiger partial charge < -0.3 is 4.52 Å². The number of benzene rings is 1. The summed E-state index contributed by atoms with van der Waals surface area (Å²) in [5, 5.41) is 3.65. The highest BCUT2D eigenvalue weighted by molar-refractivity contribution is 7.86. The summed E-state index contributed by atoms with van der Waals surface area (Å²) in [5.41, 5.74) is 1.20. The zero-order valence-corrected chi connectivity index (χ0v) is 10.3. The zero-order valence-electron chi connectivity index (χ0n) is 8.71. The molecule has 0 fully saturated rings. The molecule has 17 heavy (non-hydrogen) atoms. The molecule has 0 saturated heterocycles. The summed E-state index contributed by atoms with van der Waals surface area (Å²) in [6, 6.07) is 5.97. The molecule has 0 atom stereocenters. The van der Waals surface area contributed by atoms with Crippen LogP contribution in [0.3, 0.4) is 0 Å². The molecule has 2 rings (SSSR count). The molecule has 0 aliphatic rings. The number of nitrogens with zero attached hydrogens (tertiary/aromatic N) is 1. The van der Waals surface area contributed by atoms with Gasteiger partial charge in [0.1, 0.15) is 10.6 Å². The summed E-state index contributed by atoms with van der Waals surface area (Å²) in [6.07, 6.45) is 0. The predicted molar refractivity (Wildman–Crippen MR) is 61.5 cm³/mol. The molecule has 0 aliphatic carbocycles. The summed E-state index contributed by atoms with van der Waals surface area (Å²) in [6.45, 7) is 1.72. The average molecular weight is 274 g/mol. The summed E-state index contributed by atoms with van der Waals surface area (Å²) < 4.78 is 36.3. The Morgan fingerprint density at radius 1 is 1.35 bits per heavy atom. The van der Waals surface area contributed by atoms with E-state index in [1.54, 1.807) is 13.0 Å². The van der Waals surface area contributed by atoms with Gasteiger partial charge in [-0.15, -0.1) is 0 Å². The third-order valence-electron chi connectivity index (χ3n) is 2.17. The van der Waals surface area contributed by atoms with Gasteiger partial charge >= 0.3 is 0 Å². The maximum absolute atomic E-state index is 11.3. The van der Waals surface area contributed by atoms with Gasteiger partial charge in [-0.25, -0.2) is 0 Å². The molecule has 0 amide bonds. The normalized spacial score (nSPS) is 11.7. The second-order valence-electron chi connectivity index (χ2n) is 3.49. The first-order valence-corrected chi connectivity index (χ1v) is 6.40. The highest BCUT2D eigenvalue weighted by atomic mass is 35.5. The highest BCUT2D eigenvalue weighted by Crippen LogP contribution is 2.28. The van der Waals surface area contributed by atoms with E-state index in [1.165, 1.54) is 18.2 Å².